The minimum absolute atomic E-state index is 0.405. The Hall–Kier alpha value is -0.580. The smallest absolute Gasteiger partial charge is 0.175 e. The molecule has 1 aromatic heterocycles. The van der Waals surface area contributed by atoms with E-state index in [0.717, 1.165) is 18.7 Å². The molecule has 2 atom stereocenters. The van der Waals surface area contributed by atoms with Gasteiger partial charge in [0.25, 0.3) is 0 Å². The Morgan fingerprint density at radius 2 is 1.95 bits per heavy atom. The molecule has 3 rings (SSSR count). The van der Waals surface area contributed by atoms with Crippen LogP contribution in [0.5, 0.6) is 0 Å². The minimum Gasteiger partial charge on any atom is -0.366 e. The van der Waals surface area contributed by atoms with E-state index in [4.69, 9.17) is 23.2 Å². The predicted octanol–water partition coefficient (Wildman–Crippen LogP) is 3.28. The molecule has 0 saturated carbocycles. The van der Waals surface area contributed by atoms with Crippen molar-refractivity contribution in [2.75, 3.05) is 11.4 Å². The van der Waals surface area contributed by atoms with Gasteiger partial charge in [0, 0.05) is 30.7 Å². The lowest BCUT2D eigenvalue weighted by Crippen LogP contribution is -2.48. The molecule has 2 unspecified atom stereocenters. The van der Waals surface area contributed by atoms with Gasteiger partial charge >= 0.3 is 0 Å². The van der Waals surface area contributed by atoms with E-state index in [-0.39, 0.29) is 0 Å². The number of aromatic nitrogens is 2. The molecule has 3 heterocycles. The summed E-state index contributed by atoms with van der Waals surface area (Å²) < 4.78 is 0. The van der Waals surface area contributed by atoms with Gasteiger partial charge in [0.05, 0.1) is 5.69 Å². The van der Waals surface area contributed by atoms with Crippen molar-refractivity contribution >= 4 is 28.9 Å². The Morgan fingerprint density at radius 1 is 1.25 bits per heavy atom. The summed E-state index contributed by atoms with van der Waals surface area (Å²) in [5.41, 5.74) is 0.930. The molecule has 4 nitrogen and oxygen atoms in total. The van der Waals surface area contributed by atoms with Crippen molar-refractivity contribution in [2.24, 2.45) is 0 Å². The van der Waals surface area contributed by atoms with E-state index in [1.165, 1.54) is 25.7 Å². The zero-order valence-electron chi connectivity index (χ0n) is 11.6. The van der Waals surface area contributed by atoms with Gasteiger partial charge in [-0.15, -0.1) is 10.2 Å². The average Bonchev–Trinajstić information content (AvgIpc) is 2.78. The standard InChI is InChI=1S/C14H20Cl2N4/c1-2-5-20(12-8-13(15)18-19-14(12)16)11-6-9-3-4-10(7-11)17-9/h8-11,17H,2-7H2,1H3. The lowest BCUT2D eigenvalue weighted by atomic mass is 9.97. The quantitative estimate of drug-likeness (QED) is 0.926. The molecule has 2 bridgehead atoms. The molecule has 0 radical (unpaired) electrons. The SMILES string of the molecule is CCCN(c1cc(Cl)nnc1Cl)C1CC2CCC(C1)N2. The second kappa shape index (κ2) is 6.04. The molecule has 110 valence electrons. The van der Waals surface area contributed by atoms with Crippen molar-refractivity contribution in [3.05, 3.63) is 16.4 Å². The topological polar surface area (TPSA) is 41.1 Å². The summed E-state index contributed by atoms with van der Waals surface area (Å²) in [5, 5.41) is 12.3. The lowest BCUT2D eigenvalue weighted by Gasteiger charge is -2.39. The van der Waals surface area contributed by atoms with E-state index in [9.17, 15) is 0 Å². The number of rotatable bonds is 4. The number of piperidine rings is 1. The molecule has 1 aromatic rings. The first kappa shape index (κ1) is 14.4. The van der Waals surface area contributed by atoms with Crippen molar-refractivity contribution in [3.63, 3.8) is 0 Å². The van der Waals surface area contributed by atoms with Gasteiger partial charge in [-0.3, -0.25) is 0 Å². The molecule has 6 heteroatoms. The van der Waals surface area contributed by atoms with Crippen LogP contribution in [0.1, 0.15) is 39.0 Å². The minimum atomic E-state index is 0.405. The number of nitrogens with zero attached hydrogens (tertiary/aromatic N) is 3. The highest BCUT2D eigenvalue weighted by atomic mass is 35.5. The molecule has 1 N–H and O–H groups in total. The third kappa shape index (κ3) is 2.87. The van der Waals surface area contributed by atoms with E-state index in [2.05, 4.69) is 27.3 Å². The first-order chi connectivity index (χ1) is 9.67. The Labute approximate surface area is 129 Å². The van der Waals surface area contributed by atoms with E-state index in [0.29, 0.717) is 28.4 Å². The van der Waals surface area contributed by atoms with E-state index in [1.807, 2.05) is 6.07 Å². The van der Waals surface area contributed by atoms with Crippen LogP contribution in [0.25, 0.3) is 0 Å². The second-order valence-electron chi connectivity index (χ2n) is 5.80. The summed E-state index contributed by atoms with van der Waals surface area (Å²) in [6.07, 6.45) is 6.02. The Kier molecular flexibility index (Phi) is 4.34. The van der Waals surface area contributed by atoms with Crippen molar-refractivity contribution in [3.8, 4) is 0 Å². The molecule has 2 aliphatic heterocycles. The van der Waals surface area contributed by atoms with Crippen LogP contribution >= 0.6 is 23.2 Å². The highest BCUT2D eigenvalue weighted by molar-refractivity contribution is 6.33. The molecular weight excluding hydrogens is 295 g/mol. The van der Waals surface area contributed by atoms with Crippen LogP contribution in [-0.2, 0) is 0 Å². The van der Waals surface area contributed by atoms with E-state index >= 15 is 0 Å². The summed E-state index contributed by atoms with van der Waals surface area (Å²) in [4.78, 5) is 2.38. The van der Waals surface area contributed by atoms with Gasteiger partial charge in [0.2, 0.25) is 0 Å². The molecule has 2 fully saturated rings. The van der Waals surface area contributed by atoms with Crippen LogP contribution < -0.4 is 10.2 Å². The second-order valence-corrected chi connectivity index (χ2v) is 6.54. The van der Waals surface area contributed by atoms with Crippen LogP contribution in [0.3, 0.4) is 0 Å². The molecule has 0 amide bonds. The Bertz CT molecular complexity index is 470. The van der Waals surface area contributed by atoms with Crippen molar-refractivity contribution in [2.45, 2.75) is 57.2 Å². The zero-order valence-corrected chi connectivity index (χ0v) is 13.2. The average molecular weight is 315 g/mol. The first-order valence-electron chi connectivity index (χ1n) is 7.38. The maximum Gasteiger partial charge on any atom is 0.175 e. The maximum atomic E-state index is 6.24. The van der Waals surface area contributed by atoms with Gasteiger partial charge in [0.15, 0.2) is 10.3 Å². The highest BCUT2D eigenvalue weighted by Crippen LogP contribution is 2.35. The van der Waals surface area contributed by atoms with Gasteiger partial charge in [-0.2, -0.15) is 0 Å². The van der Waals surface area contributed by atoms with Crippen LogP contribution in [0.15, 0.2) is 6.07 Å². The van der Waals surface area contributed by atoms with Crippen LogP contribution in [0.2, 0.25) is 10.3 Å². The third-order valence-corrected chi connectivity index (χ3v) is 4.82. The Balaban J connectivity index is 1.86. The van der Waals surface area contributed by atoms with E-state index in [1.54, 1.807) is 0 Å². The summed E-state index contributed by atoms with van der Waals surface area (Å²) in [7, 11) is 0. The molecular formula is C14H20Cl2N4. The van der Waals surface area contributed by atoms with Gasteiger partial charge in [0.1, 0.15) is 0 Å². The summed E-state index contributed by atoms with van der Waals surface area (Å²) in [6.45, 7) is 3.17. The number of hydrogen-bond acceptors (Lipinski definition) is 4. The summed E-state index contributed by atoms with van der Waals surface area (Å²) in [5.74, 6) is 0. The molecule has 20 heavy (non-hydrogen) atoms. The normalized spacial score (nSPS) is 28.6. The fourth-order valence-electron chi connectivity index (χ4n) is 3.57. The molecule has 2 saturated heterocycles. The largest absolute Gasteiger partial charge is 0.366 e. The third-order valence-electron chi connectivity index (χ3n) is 4.36. The summed E-state index contributed by atoms with van der Waals surface area (Å²) >= 11 is 12.2. The predicted molar refractivity (Wildman–Crippen MR) is 82.7 cm³/mol. The molecule has 0 spiro atoms. The fourth-order valence-corrected chi connectivity index (χ4v) is 3.91. The zero-order chi connectivity index (χ0) is 14.1. The number of halogens is 2. The van der Waals surface area contributed by atoms with Crippen LogP contribution in [0.4, 0.5) is 5.69 Å². The van der Waals surface area contributed by atoms with Gasteiger partial charge in [-0.25, -0.2) is 0 Å². The molecule has 0 aromatic carbocycles. The first-order valence-corrected chi connectivity index (χ1v) is 8.14. The van der Waals surface area contributed by atoms with Crippen LogP contribution in [-0.4, -0.2) is 34.9 Å². The Morgan fingerprint density at radius 3 is 2.60 bits per heavy atom. The van der Waals surface area contributed by atoms with Crippen molar-refractivity contribution < 1.29 is 0 Å². The number of fused-ring (bicyclic) bond motifs is 2. The van der Waals surface area contributed by atoms with Crippen LogP contribution in [0, 0.1) is 0 Å². The van der Waals surface area contributed by atoms with Gasteiger partial charge in [-0.1, -0.05) is 30.1 Å². The monoisotopic (exact) mass is 314 g/mol. The van der Waals surface area contributed by atoms with Gasteiger partial charge in [-0.05, 0) is 32.1 Å². The lowest BCUT2D eigenvalue weighted by molar-refractivity contribution is 0.346. The maximum absolute atomic E-state index is 6.24. The number of anilines is 1. The van der Waals surface area contributed by atoms with E-state index < -0.39 is 0 Å². The number of hydrogen-bond donors (Lipinski definition) is 1. The number of nitrogens with one attached hydrogen (secondary N) is 1. The molecule has 0 aliphatic carbocycles. The summed E-state index contributed by atoms with van der Waals surface area (Å²) in [6, 6.07) is 3.67. The molecule has 2 aliphatic rings. The van der Waals surface area contributed by atoms with Crippen molar-refractivity contribution in [1.82, 2.24) is 15.5 Å². The van der Waals surface area contributed by atoms with Crippen molar-refractivity contribution in [1.29, 1.82) is 0 Å². The highest BCUT2D eigenvalue weighted by Gasteiger charge is 2.36. The fraction of sp³-hybridized carbons (Fsp3) is 0.714. The van der Waals surface area contributed by atoms with Gasteiger partial charge < -0.3 is 10.2 Å².